The summed E-state index contributed by atoms with van der Waals surface area (Å²) in [5, 5.41) is 5.35. The molecule has 4 rings (SSSR count). The first kappa shape index (κ1) is 19.6. The fourth-order valence-electron chi connectivity index (χ4n) is 3.44. The van der Waals surface area contributed by atoms with Gasteiger partial charge in [0, 0.05) is 22.4 Å². The first-order valence-electron chi connectivity index (χ1n) is 8.92. The molecule has 0 radical (unpaired) electrons. The lowest BCUT2D eigenvalue weighted by atomic mass is 9.96. The van der Waals surface area contributed by atoms with E-state index in [1.54, 1.807) is 36.4 Å². The molecule has 0 saturated carbocycles. The van der Waals surface area contributed by atoms with Crippen molar-refractivity contribution < 1.29 is 27.2 Å². The average molecular weight is 414 g/mol. The van der Waals surface area contributed by atoms with E-state index < -0.39 is 35.1 Å². The zero-order valence-corrected chi connectivity index (χ0v) is 15.3. The summed E-state index contributed by atoms with van der Waals surface area (Å²) < 4.78 is 52.5. The monoisotopic (exact) mass is 414 g/mol. The van der Waals surface area contributed by atoms with Gasteiger partial charge in [0.25, 0.3) is 11.8 Å². The van der Waals surface area contributed by atoms with Crippen LogP contribution in [0.4, 0.5) is 23.2 Å². The normalized spacial score (nSPS) is 15.5. The van der Waals surface area contributed by atoms with Crippen LogP contribution in [0.25, 0.3) is 0 Å². The summed E-state index contributed by atoms with van der Waals surface area (Å²) in [6, 6.07) is 14.8. The van der Waals surface area contributed by atoms with E-state index in [1.165, 1.54) is 6.07 Å². The Morgan fingerprint density at radius 3 is 2.40 bits per heavy atom. The number of nitrogens with one attached hydrogen (secondary N) is 2. The van der Waals surface area contributed by atoms with Crippen LogP contribution >= 0.6 is 0 Å². The van der Waals surface area contributed by atoms with Gasteiger partial charge in [-0.2, -0.15) is 13.2 Å². The summed E-state index contributed by atoms with van der Waals surface area (Å²) in [6.45, 7) is 0. The molecule has 0 aliphatic carbocycles. The number of anilines is 1. The summed E-state index contributed by atoms with van der Waals surface area (Å²) in [4.78, 5) is 25.0. The van der Waals surface area contributed by atoms with Crippen molar-refractivity contribution in [1.82, 2.24) is 5.32 Å². The number of hydrogen-bond donors (Lipinski definition) is 2. The van der Waals surface area contributed by atoms with Crippen molar-refractivity contribution in [3.63, 3.8) is 0 Å². The SMILES string of the molecule is O=C(Nc1cccc2c1C(c1ccccc1)NC2=O)c1cc(F)cc(C(F)(F)F)c1. The molecule has 0 spiro atoms. The molecule has 1 aliphatic rings. The zero-order valence-electron chi connectivity index (χ0n) is 15.3. The number of rotatable bonds is 3. The Balaban J connectivity index is 1.72. The van der Waals surface area contributed by atoms with Gasteiger partial charge in [-0.25, -0.2) is 4.39 Å². The Bertz CT molecular complexity index is 1140. The average Bonchev–Trinajstić information content (AvgIpc) is 3.05. The minimum absolute atomic E-state index is 0.252. The van der Waals surface area contributed by atoms with E-state index in [2.05, 4.69) is 10.6 Å². The molecule has 2 amide bonds. The van der Waals surface area contributed by atoms with Crippen LogP contribution in [0.5, 0.6) is 0 Å². The van der Waals surface area contributed by atoms with Crippen molar-refractivity contribution in [3.8, 4) is 0 Å². The van der Waals surface area contributed by atoms with Gasteiger partial charge in [0.2, 0.25) is 0 Å². The molecule has 3 aromatic carbocycles. The fraction of sp³-hybridized carbons (Fsp3) is 0.0909. The maximum atomic E-state index is 13.7. The Kier molecular flexibility index (Phi) is 4.77. The molecule has 1 aliphatic heterocycles. The molecule has 0 aromatic heterocycles. The number of hydrogen-bond acceptors (Lipinski definition) is 2. The Morgan fingerprint density at radius 2 is 1.70 bits per heavy atom. The van der Waals surface area contributed by atoms with Gasteiger partial charge < -0.3 is 10.6 Å². The summed E-state index contributed by atoms with van der Waals surface area (Å²) in [7, 11) is 0. The number of carbonyl (C=O) groups is 2. The van der Waals surface area contributed by atoms with Gasteiger partial charge in [0.15, 0.2) is 0 Å². The molecule has 1 heterocycles. The van der Waals surface area contributed by atoms with E-state index in [4.69, 9.17) is 0 Å². The molecule has 1 atom stereocenters. The molecule has 30 heavy (non-hydrogen) atoms. The predicted molar refractivity (Wildman–Crippen MR) is 102 cm³/mol. The van der Waals surface area contributed by atoms with E-state index in [1.807, 2.05) is 6.07 Å². The van der Waals surface area contributed by atoms with Gasteiger partial charge >= 0.3 is 6.18 Å². The first-order chi connectivity index (χ1) is 14.2. The lowest BCUT2D eigenvalue weighted by Crippen LogP contribution is -2.20. The van der Waals surface area contributed by atoms with Crippen LogP contribution in [-0.2, 0) is 6.18 Å². The highest BCUT2D eigenvalue weighted by Gasteiger charge is 2.34. The third kappa shape index (κ3) is 3.63. The number of benzene rings is 3. The molecule has 152 valence electrons. The Labute approximate surface area is 168 Å². The second-order valence-corrected chi connectivity index (χ2v) is 6.76. The van der Waals surface area contributed by atoms with E-state index in [-0.39, 0.29) is 11.6 Å². The van der Waals surface area contributed by atoms with Crippen molar-refractivity contribution in [2.45, 2.75) is 12.2 Å². The lowest BCUT2D eigenvalue weighted by molar-refractivity contribution is -0.137. The van der Waals surface area contributed by atoms with Crippen LogP contribution < -0.4 is 10.6 Å². The van der Waals surface area contributed by atoms with Crippen molar-refractivity contribution in [2.75, 3.05) is 5.32 Å². The molecule has 0 fully saturated rings. The van der Waals surface area contributed by atoms with E-state index in [0.717, 1.165) is 11.6 Å². The molecule has 2 N–H and O–H groups in total. The smallest absolute Gasteiger partial charge is 0.341 e. The maximum absolute atomic E-state index is 13.7. The summed E-state index contributed by atoms with van der Waals surface area (Å²) in [5.74, 6) is -2.42. The molecule has 4 nitrogen and oxygen atoms in total. The molecular formula is C22H14F4N2O2. The fourth-order valence-corrected chi connectivity index (χ4v) is 3.44. The van der Waals surface area contributed by atoms with Crippen LogP contribution in [0.3, 0.4) is 0 Å². The van der Waals surface area contributed by atoms with E-state index in [0.29, 0.717) is 23.3 Å². The van der Waals surface area contributed by atoms with Crippen molar-refractivity contribution in [1.29, 1.82) is 0 Å². The highest BCUT2D eigenvalue weighted by Crippen LogP contribution is 2.37. The van der Waals surface area contributed by atoms with E-state index >= 15 is 0 Å². The molecule has 8 heteroatoms. The summed E-state index contributed by atoms with van der Waals surface area (Å²) in [5.41, 5.74) is 0.128. The van der Waals surface area contributed by atoms with Gasteiger partial charge in [-0.3, -0.25) is 9.59 Å². The lowest BCUT2D eigenvalue weighted by Gasteiger charge is -2.17. The van der Waals surface area contributed by atoms with E-state index in [9.17, 15) is 27.2 Å². The third-order valence-corrected chi connectivity index (χ3v) is 4.78. The number of halogens is 4. The van der Waals surface area contributed by atoms with Gasteiger partial charge in [-0.05, 0) is 35.9 Å². The van der Waals surface area contributed by atoms with Gasteiger partial charge in [-0.15, -0.1) is 0 Å². The standard InChI is InChI=1S/C22H14F4N2O2/c23-15-10-13(9-14(11-15)22(24,25)26)20(29)27-17-8-4-7-16-18(17)19(28-21(16)30)12-5-2-1-3-6-12/h1-11,19H,(H,27,29)(H,28,30). The number of amides is 2. The number of alkyl halides is 3. The highest BCUT2D eigenvalue weighted by molar-refractivity contribution is 6.07. The van der Waals surface area contributed by atoms with Crippen LogP contribution in [0.15, 0.2) is 66.7 Å². The number of carbonyl (C=O) groups excluding carboxylic acids is 2. The van der Waals surface area contributed by atoms with Gasteiger partial charge in [0.1, 0.15) is 5.82 Å². The molecule has 3 aromatic rings. The zero-order chi connectivity index (χ0) is 21.5. The molecule has 0 saturated heterocycles. The molecular weight excluding hydrogens is 400 g/mol. The quantitative estimate of drug-likeness (QED) is 0.597. The third-order valence-electron chi connectivity index (χ3n) is 4.78. The second-order valence-electron chi connectivity index (χ2n) is 6.76. The van der Waals surface area contributed by atoms with Gasteiger partial charge in [-0.1, -0.05) is 36.4 Å². The van der Waals surface area contributed by atoms with Crippen LogP contribution in [0.1, 0.15) is 43.4 Å². The largest absolute Gasteiger partial charge is 0.416 e. The molecule has 1 unspecified atom stereocenters. The Morgan fingerprint density at radius 1 is 0.967 bits per heavy atom. The highest BCUT2D eigenvalue weighted by atomic mass is 19.4. The summed E-state index contributed by atoms with van der Waals surface area (Å²) in [6.07, 6.45) is -4.79. The van der Waals surface area contributed by atoms with Crippen LogP contribution in [0.2, 0.25) is 0 Å². The topological polar surface area (TPSA) is 58.2 Å². The predicted octanol–water partition coefficient (Wildman–Crippen LogP) is 4.93. The maximum Gasteiger partial charge on any atom is 0.416 e. The van der Waals surface area contributed by atoms with Crippen LogP contribution in [0, 0.1) is 5.82 Å². The molecule has 0 bridgehead atoms. The van der Waals surface area contributed by atoms with Crippen molar-refractivity contribution >= 4 is 17.5 Å². The van der Waals surface area contributed by atoms with Gasteiger partial charge in [0.05, 0.1) is 11.6 Å². The summed E-state index contributed by atoms with van der Waals surface area (Å²) >= 11 is 0. The number of fused-ring (bicyclic) bond motifs is 1. The van der Waals surface area contributed by atoms with Crippen molar-refractivity contribution in [2.24, 2.45) is 0 Å². The van der Waals surface area contributed by atoms with Crippen LogP contribution in [-0.4, -0.2) is 11.8 Å². The Hall–Kier alpha value is -3.68. The minimum atomic E-state index is -4.79. The second kappa shape index (κ2) is 7.29. The van der Waals surface area contributed by atoms with Crippen molar-refractivity contribution in [3.05, 3.63) is 100 Å². The minimum Gasteiger partial charge on any atom is -0.341 e. The first-order valence-corrected chi connectivity index (χ1v) is 8.92.